The lowest BCUT2D eigenvalue weighted by atomic mass is 10.2. The van der Waals surface area contributed by atoms with Gasteiger partial charge in [-0.3, -0.25) is 4.98 Å². The monoisotopic (exact) mass is 254 g/mol. The number of phenols is 1. The number of para-hydroxylation sites is 1. The van der Waals surface area contributed by atoms with Crippen LogP contribution in [0, 0.1) is 0 Å². The summed E-state index contributed by atoms with van der Waals surface area (Å²) in [6, 6.07) is 11.1. The number of pyridine rings is 1. The summed E-state index contributed by atoms with van der Waals surface area (Å²) in [4.78, 5) is 8.61. The van der Waals surface area contributed by atoms with Crippen LogP contribution >= 0.6 is 11.3 Å². The van der Waals surface area contributed by atoms with E-state index < -0.39 is 0 Å². The predicted octanol–water partition coefficient (Wildman–Crippen LogP) is 3.58. The summed E-state index contributed by atoms with van der Waals surface area (Å²) in [5.74, 6) is 0.254. The first-order valence-electron chi connectivity index (χ1n) is 5.49. The molecule has 0 spiro atoms. The number of hydrogen-bond acceptors (Lipinski definition) is 4. The van der Waals surface area contributed by atoms with Crippen LogP contribution in [0.15, 0.2) is 54.2 Å². The van der Waals surface area contributed by atoms with Crippen LogP contribution in [0.4, 0.5) is 0 Å². The van der Waals surface area contributed by atoms with Crippen LogP contribution in [0.25, 0.3) is 21.8 Å². The summed E-state index contributed by atoms with van der Waals surface area (Å²) < 4.78 is 0. The van der Waals surface area contributed by atoms with Crippen molar-refractivity contribution in [1.82, 2.24) is 9.97 Å². The van der Waals surface area contributed by atoms with Crippen LogP contribution in [-0.2, 0) is 0 Å². The Bertz CT molecular complexity index is 664. The Hall–Kier alpha value is -2.20. The van der Waals surface area contributed by atoms with Gasteiger partial charge in [-0.05, 0) is 24.3 Å². The summed E-state index contributed by atoms with van der Waals surface area (Å²) in [7, 11) is 0. The maximum atomic E-state index is 9.80. The first kappa shape index (κ1) is 10.9. The van der Waals surface area contributed by atoms with E-state index in [1.807, 2.05) is 29.6 Å². The van der Waals surface area contributed by atoms with Crippen molar-refractivity contribution >= 4 is 11.3 Å². The van der Waals surface area contributed by atoms with Gasteiger partial charge in [-0.25, -0.2) is 4.98 Å². The molecule has 3 nitrogen and oxygen atoms in total. The normalized spacial score (nSPS) is 10.4. The van der Waals surface area contributed by atoms with Gasteiger partial charge in [0.25, 0.3) is 0 Å². The number of phenolic OH excluding ortho intramolecular Hbond substituents is 1. The molecule has 18 heavy (non-hydrogen) atoms. The van der Waals surface area contributed by atoms with Crippen molar-refractivity contribution in [3.63, 3.8) is 0 Å². The molecule has 0 aliphatic rings. The van der Waals surface area contributed by atoms with E-state index in [0.29, 0.717) is 0 Å². The number of aromatic nitrogens is 2. The van der Waals surface area contributed by atoms with Crippen LogP contribution in [0.2, 0.25) is 0 Å². The third kappa shape index (κ3) is 1.98. The van der Waals surface area contributed by atoms with Crippen molar-refractivity contribution in [2.24, 2.45) is 0 Å². The molecule has 0 aliphatic carbocycles. The van der Waals surface area contributed by atoms with Crippen LogP contribution in [0.5, 0.6) is 5.75 Å². The fourth-order valence-electron chi connectivity index (χ4n) is 1.70. The van der Waals surface area contributed by atoms with E-state index in [9.17, 15) is 5.11 Å². The molecule has 2 heterocycles. The molecule has 0 atom stereocenters. The Labute approximate surface area is 108 Å². The molecule has 0 bridgehead atoms. The van der Waals surface area contributed by atoms with Crippen molar-refractivity contribution in [2.45, 2.75) is 0 Å². The summed E-state index contributed by atoms with van der Waals surface area (Å²) in [5, 5.41) is 12.6. The quantitative estimate of drug-likeness (QED) is 0.760. The number of aromatic hydroxyl groups is 1. The zero-order chi connectivity index (χ0) is 12.4. The maximum absolute atomic E-state index is 9.80. The van der Waals surface area contributed by atoms with Gasteiger partial charge in [0.2, 0.25) is 0 Å². The second-order valence-corrected chi connectivity index (χ2v) is 4.65. The lowest BCUT2D eigenvalue weighted by Crippen LogP contribution is -1.81. The molecule has 1 aromatic carbocycles. The second kappa shape index (κ2) is 4.58. The molecule has 0 aliphatic heterocycles. The lowest BCUT2D eigenvalue weighted by Gasteiger charge is -1.99. The van der Waals surface area contributed by atoms with Crippen LogP contribution < -0.4 is 0 Å². The van der Waals surface area contributed by atoms with E-state index in [-0.39, 0.29) is 5.75 Å². The first-order chi connectivity index (χ1) is 8.84. The molecule has 0 unspecified atom stereocenters. The highest BCUT2D eigenvalue weighted by Gasteiger charge is 2.09. The molecule has 0 fully saturated rings. The van der Waals surface area contributed by atoms with Crippen LogP contribution in [0.3, 0.4) is 0 Å². The minimum Gasteiger partial charge on any atom is -0.507 e. The second-order valence-electron chi connectivity index (χ2n) is 3.80. The summed E-state index contributed by atoms with van der Waals surface area (Å²) >= 11 is 1.51. The summed E-state index contributed by atoms with van der Waals surface area (Å²) in [6.07, 6.45) is 3.52. The van der Waals surface area contributed by atoms with Gasteiger partial charge >= 0.3 is 0 Å². The van der Waals surface area contributed by atoms with Crippen molar-refractivity contribution < 1.29 is 5.11 Å². The van der Waals surface area contributed by atoms with Gasteiger partial charge in [0.05, 0.1) is 11.3 Å². The molecule has 4 heteroatoms. The Balaban J connectivity index is 2.03. The first-order valence-corrected chi connectivity index (χ1v) is 6.37. The van der Waals surface area contributed by atoms with Crippen molar-refractivity contribution in [3.8, 4) is 27.6 Å². The average molecular weight is 254 g/mol. The van der Waals surface area contributed by atoms with E-state index in [2.05, 4.69) is 9.97 Å². The molecular formula is C14H10N2OS. The minimum atomic E-state index is 0.254. The molecule has 0 saturated heterocycles. The van der Waals surface area contributed by atoms with Gasteiger partial charge in [0, 0.05) is 23.3 Å². The fraction of sp³-hybridized carbons (Fsp3) is 0. The van der Waals surface area contributed by atoms with Crippen molar-refractivity contribution in [3.05, 3.63) is 54.2 Å². The van der Waals surface area contributed by atoms with Crippen LogP contribution in [-0.4, -0.2) is 15.1 Å². The Morgan fingerprint density at radius 3 is 2.72 bits per heavy atom. The molecular weight excluding hydrogens is 244 g/mol. The highest BCUT2D eigenvalue weighted by atomic mass is 32.1. The topological polar surface area (TPSA) is 46.0 Å². The summed E-state index contributed by atoms with van der Waals surface area (Å²) in [5.41, 5.74) is 2.62. The average Bonchev–Trinajstić information content (AvgIpc) is 2.90. The highest BCUT2D eigenvalue weighted by molar-refractivity contribution is 7.13. The lowest BCUT2D eigenvalue weighted by molar-refractivity contribution is 0.477. The Kier molecular flexibility index (Phi) is 2.78. The number of thiazole rings is 1. The molecule has 1 N–H and O–H groups in total. The largest absolute Gasteiger partial charge is 0.507 e. The standard InChI is InChI=1S/C14H10N2OS/c17-13-6-2-1-5-11(13)14-16-12(9-18-14)10-4-3-7-15-8-10/h1-9,17H. The summed E-state index contributed by atoms with van der Waals surface area (Å²) in [6.45, 7) is 0. The van der Waals surface area contributed by atoms with Gasteiger partial charge in [-0.1, -0.05) is 12.1 Å². The number of benzene rings is 1. The van der Waals surface area contributed by atoms with Gasteiger partial charge < -0.3 is 5.11 Å². The highest BCUT2D eigenvalue weighted by Crippen LogP contribution is 2.33. The molecule has 0 saturated carbocycles. The molecule has 3 aromatic rings. The minimum absolute atomic E-state index is 0.254. The van der Waals surface area contributed by atoms with Crippen molar-refractivity contribution in [2.75, 3.05) is 0 Å². The fourth-order valence-corrected chi connectivity index (χ4v) is 2.56. The maximum Gasteiger partial charge on any atom is 0.127 e. The van der Waals surface area contributed by atoms with E-state index in [0.717, 1.165) is 21.8 Å². The van der Waals surface area contributed by atoms with E-state index in [4.69, 9.17) is 0 Å². The Morgan fingerprint density at radius 1 is 1.06 bits per heavy atom. The molecule has 0 radical (unpaired) electrons. The number of nitrogens with zero attached hydrogens (tertiary/aromatic N) is 2. The molecule has 2 aromatic heterocycles. The van der Waals surface area contributed by atoms with E-state index >= 15 is 0 Å². The molecule has 88 valence electrons. The molecule has 3 rings (SSSR count). The van der Waals surface area contributed by atoms with Gasteiger partial charge in [0.1, 0.15) is 10.8 Å². The van der Waals surface area contributed by atoms with E-state index in [1.54, 1.807) is 24.5 Å². The zero-order valence-electron chi connectivity index (χ0n) is 9.45. The third-order valence-corrected chi connectivity index (χ3v) is 3.47. The van der Waals surface area contributed by atoms with Crippen molar-refractivity contribution in [1.29, 1.82) is 0 Å². The van der Waals surface area contributed by atoms with Gasteiger partial charge in [0.15, 0.2) is 0 Å². The third-order valence-electron chi connectivity index (χ3n) is 2.60. The Morgan fingerprint density at radius 2 is 1.94 bits per heavy atom. The number of rotatable bonds is 2. The molecule has 0 amide bonds. The zero-order valence-corrected chi connectivity index (χ0v) is 10.3. The number of hydrogen-bond donors (Lipinski definition) is 1. The predicted molar refractivity (Wildman–Crippen MR) is 72.4 cm³/mol. The van der Waals surface area contributed by atoms with Gasteiger partial charge in [-0.15, -0.1) is 11.3 Å². The SMILES string of the molecule is Oc1ccccc1-c1nc(-c2cccnc2)cs1. The van der Waals surface area contributed by atoms with E-state index in [1.165, 1.54) is 11.3 Å². The van der Waals surface area contributed by atoms with Gasteiger partial charge in [-0.2, -0.15) is 0 Å². The smallest absolute Gasteiger partial charge is 0.127 e. The van der Waals surface area contributed by atoms with Crippen LogP contribution in [0.1, 0.15) is 0 Å².